The van der Waals surface area contributed by atoms with Gasteiger partial charge in [-0.25, -0.2) is 4.79 Å². The topological polar surface area (TPSA) is 58.6 Å². The van der Waals surface area contributed by atoms with Crippen LogP contribution in [0.15, 0.2) is 35.3 Å². The fourth-order valence-electron chi connectivity index (χ4n) is 1.51. The molecule has 0 aliphatic heterocycles. The van der Waals surface area contributed by atoms with Crippen molar-refractivity contribution in [2.45, 2.75) is 26.2 Å². The molecule has 0 spiro atoms. The fourth-order valence-corrected chi connectivity index (χ4v) is 1.51. The Labute approximate surface area is 99.8 Å². The molecule has 0 aliphatic carbocycles. The van der Waals surface area contributed by atoms with Crippen LogP contribution in [0.4, 0.5) is 0 Å². The Morgan fingerprint density at radius 2 is 1.94 bits per heavy atom. The zero-order valence-electron chi connectivity index (χ0n) is 10.2. The Morgan fingerprint density at radius 1 is 1.18 bits per heavy atom. The number of hydrogen-bond donors (Lipinski definition) is 1. The van der Waals surface area contributed by atoms with E-state index in [0.717, 1.165) is 5.69 Å². The molecular formula is C13H15N3O. The number of hydrogen-bond acceptors (Lipinski definition) is 3. The minimum absolute atomic E-state index is 0.119. The van der Waals surface area contributed by atoms with Crippen LogP contribution in [0.25, 0.3) is 11.4 Å². The Bertz CT molecular complexity index is 567. The van der Waals surface area contributed by atoms with E-state index in [1.54, 1.807) is 6.20 Å². The number of nitrogens with zero attached hydrogens (tertiary/aromatic N) is 2. The molecule has 0 fully saturated rings. The third-order valence-electron chi connectivity index (χ3n) is 2.48. The van der Waals surface area contributed by atoms with E-state index >= 15 is 0 Å². The minimum Gasteiger partial charge on any atom is -0.309 e. The maximum absolute atomic E-state index is 11.5. The highest BCUT2D eigenvalue weighted by Gasteiger charge is 2.16. The highest BCUT2D eigenvalue weighted by molar-refractivity contribution is 5.53. The van der Waals surface area contributed by atoms with Crippen LogP contribution in [0, 0.1) is 0 Å². The summed E-state index contributed by atoms with van der Waals surface area (Å²) in [7, 11) is 0. The predicted octanol–water partition coefficient (Wildman–Crippen LogP) is 2.13. The van der Waals surface area contributed by atoms with Crippen molar-refractivity contribution in [3.8, 4) is 11.4 Å². The van der Waals surface area contributed by atoms with Crippen molar-refractivity contribution in [2.24, 2.45) is 0 Å². The van der Waals surface area contributed by atoms with Crippen molar-refractivity contribution in [1.82, 2.24) is 15.0 Å². The summed E-state index contributed by atoms with van der Waals surface area (Å²) in [6, 6.07) is 7.43. The monoisotopic (exact) mass is 229 g/mol. The van der Waals surface area contributed by atoms with Crippen molar-refractivity contribution in [3.05, 3.63) is 46.6 Å². The number of rotatable bonds is 1. The molecule has 4 nitrogen and oxygen atoms in total. The molecule has 4 heteroatoms. The van der Waals surface area contributed by atoms with Crippen molar-refractivity contribution in [1.29, 1.82) is 0 Å². The third-order valence-corrected chi connectivity index (χ3v) is 2.48. The van der Waals surface area contributed by atoms with Crippen LogP contribution in [-0.2, 0) is 5.41 Å². The van der Waals surface area contributed by atoms with Gasteiger partial charge in [0.05, 0.1) is 11.4 Å². The summed E-state index contributed by atoms with van der Waals surface area (Å²) < 4.78 is 0. The SMILES string of the molecule is CC(C)(C)c1cc(-c2ccccn2)nc(=O)[nH]1. The third kappa shape index (κ3) is 2.58. The largest absolute Gasteiger partial charge is 0.345 e. The van der Waals surface area contributed by atoms with E-state index in [1.807, 2.05) is 45.0 Å². The second-order valence-corrected chi connectivity index (χ2v) is 4.95. The first-order chi connectivity index (χ1) is 7.97. The average Bonchev–Trinajstić information content (AvgIpc) is 2.28. The van der Waals surface area contributed by atoms with Gasteiger partial charge in [0, 0.05) is 17.3 Å². The number of pyridine rings is 1. The first-order valence-corrected chi connectivity index (χ1v) is 5.50. The molecule has 0 amide bonds. The molecule has 88 valence electrons. The highest BCUT2D eigenvalue weighted by atomic mass is 16.1. The van der Waals surface area contributed by atoms with Crippen LogP contribution in [-0.4, -0.2) is 15.0 Å². The van der Waals surface area contributed by atoms with Crippen LogP contribution >= 0.6 is 0 Å². The van der Waals surface area contributed by atoms with E-state index < -0.39 is 0 Å². The summed E-state index contributed by atoms with van der Waals surface area (Å²) >= 11 is 0. The van der Waals surface area contributed by atoms with Gasteiger partial charge < -0.3 is 4.98 Å². The lowest BCUT2D eigenvalue weighted by Crippen LogP contribution is -2.21. The molecule has 0 bridgehead atoms. The summed E-state index contributed by atoms with van der Waals surface area (Å²) in [5.41, 5.74) is 1.73. The van der Waals surface area contributed by atoms with Gasteiger partial charge in [0.15, 0.2) is 0 Å². The first-order valence-electron chi connectivity index (χ1n) is 5.50. The number of aromatic amines is 1. The molecule has 2 aromatic rings. The molecule has 2 heterocycles. The lowest BCUT2D eigenvalue weighted by molar-refractivity contribution is 0.564. The molecule has 0 unspecified atom stereocenters. The van der Waals surface area contributed by atoms with Gasteiger partial charge >= 0.3 is 5.69 Å². The van der Waals surface area contributed by atoms with Crippen molar-refractivity contribution in [2.75, 3.05) is 0 Å². The Morgan fingerprint density at radius 3 is 2.53 bits per heavy atom. The van der Waals surface area contributed by atoms with Crippen LogP contribution < -0.4 is 5.69 Å². The average molecular weight is 229 g/mol. The van der Waals surface area contributed by atoms with Crippen LogP contribution in [0.5, 0.6) is 0 Å². The van der Waals surface area contributed by atoms with E-state index in [4.69, 9.17) is 0 Å². The van der Waals surface area contributed by atoms with E-state index in [9.17, 15) is 4.79 Å². The molecule has 17 heavy (non-hydrogen) atoms. The van der Waals surface area contributed by atoms with Crippen molar-refractivity contribution in [3.63, 3.8) is 0 Å². The summed E-state index contributed by atoms with van der Waals surface area (Å²) in [5, 5.41) is 0. The molecule has 0 aliphatic rings. The van der Waals surface area contributed by atoms with Gasteiger partial charge in [0.25, 0.3) is 0 Å². The second kappa shape index (κ2) is 4.13. The number of H-pyrrole nitrogens is 1. The summed E-state index contributed by atoms with van der Waals surface area (Å²) in [4.78, 5) is 22.4. The number of aromatic nitrogens is 3. The minimum atomic E-state index is -0.335. The van der Waals surface area contributed by atoms with Crippen molar-refractivity contribution < 1.29 is 0 Å². The predicted molar refractivity (Wildman–Crippen MR) is 66.8 cm³/mol. The lowest BCUT2D eigenvalue weighted by atomic mass is 9.91. The summed E-state index contributed by atoms with van der Waals surface area (Å²) in [5.74, 6) is 0. The van der Waals surface area contributed by atoms with Crippen LogP contribution in [0.2, 0.25) is 0 Å². The Hall–Kier alpha value is -1.97. The quantitative estimate of drug-likeness (QED) is 0.815. The molecule has 0 saturated carbocycles. The molecule has 2 aromatic heterocycles. The fraction of sp³-hybridized carbons (Fsp3) is 0.308. The normalized spacial score (nSPS) is 11.5. The molecular weight excluding hydrogens is 214 g/mol. The van der Waals surface area contributed by atoms with E-state index in [-0.39, 0.29) is 11.1 Å². The van der Waals surface area contributed by atoms with Gasteiger partial charge in [-0.05, 0) is 18.2 Å². The van der Waals surface area contributed by atoms with Gasteiger partial charge in [-0.2, -0.15) is 4.98 Å². The van der Waals surface area contributed by atoms with E-state index in [2.05, 4.69) is 15.0 Å². The van der Waals surface area contributed by atoms with Gasteiger partial charge in [-0.3, -0.25) is 4.98 Å². The highest BCUT2D eigenvalue weighted by Crippen LogP contribution is 2.21. The van der Waals surface area contributed by atoms with E-state index in [1.165, 1.54) is 0 Å². The maximum Gasteiger partial charge on any atom is 0.345 e. The Balaban J connectivity index is 2.58. The van der Waals surface area contributed by atoms with Gasteiger partial charge in [0.2, 0.25) is 0 Å². The molecule has 1 N–H and O–H groups in total. The lowest BCUT2D eigenvalue weighted by Gasteiger charge is -2.18. The van der Waals surface area contributed by atoms with Crippen LogP contribution in [0.1, 0.15) is 26.5 Å². The second-order valence-electron chi connectivity index (χ2n) is 4.95. The number of nitrogens with one attached hydrogen (secondary N) is 1. The standard InChI is InChI=1S/C13H15N3O/c1-13(2,3)11-8-10(15-12(17)16-11)9-6-4-5-7-14-9/h4-8H,1-3H3,(H,15,16,17). The molecule has 0 atom stereocenters. The van der Waals surface area contributed by atoms with Crippen molar-refractivity contribution >= 4 is 0 Å². The maximum atomic E-state index is 11.5. The molecule has 0 aromatic carbocycles. The smallest absolute Gasteiger partial charge is 0.309 e. The van der Waals surface area contributed by atoms with Gasteiger partial charge in [-0.15, -0.1) is 0 Å². The van der Waals surface area contributed by atoms with Gasteiger partial charge in [0.1, 0.15) is 0 Å². The zero-order valence-corrected chi connectivity index (χ0v) is 10.2. The Kier molecular flexibility index (Phi) is 2.79. The van der Waals surface area contributed by atoms with E-state index in [0.29, 0.717) is 11.4 Å². The zero-order chi connectivity index (χ0) is 12.5. The first kappa shape index (κ1) is 11.5. The molecule has 0 radical (unpaired) electrons. The van der Waals surface area contributed by atoms with Gasteiger partial charge in [-0.1, -0.05) is 26.8 Å². The summed E-state index contributed by atoms with van der Waals surface area (Å²) in [6.07, 6.45) is 1.69. The molecule has 0 saturated heterocycles. The molecule has 2 rings (SSSR count). The van der Waals surface area contributed by atoms with Crippen LogP contribution in [0.3, 0.4) is 0 Å². The summed E-state index contributed by atoms with van der Waals surface area (Å²) in [6.45, 7) is 6.13.